The quantitative estimate of drug-likeness (QED) is 0.301. The first kappa shape index (κ1) is 28.6. The van der Waals surface area contributed by atoms with E-state index in [4.69, 9.17) is 9.72 Å². The molecule has 2 aromatic carbocycles. The second kappa shape index (κ2) is 12.0. The van der Waals surface area contributed by atoms with E-state index in [0.717, 1.165) is 38.9 Å². The number of hydrogen-bond acceptors (Lipinski definition) is 8. The number of anilines is 1. The third-order valence-corrected chi connectivity index (χ3v) is 8.13. The summed E-state index contributed by atoms with van der Waals surface area (Å²) in [5.74, 6) is 0.900. The third kappa shape index (κ3) is 6.13. The van der Waals surface area contributed by atoms with Gasteiger partial charge < -0.3 is 20.3 Å². The predicted octanol–water partition coefficient (Wildman–Crippen LogP) is 5.05. The summed E-state index contributed by atoms with van der Waals surface area (Å²) in [5.41, 5.74) is 3.19. The van der Waals surface area contributed by atoms with E-state index in [0.29, 0.717) is 41.9 Å². The summed E-state index contributed by atoms with van der Waals surface area (Å²) in [6.45, 7) is 8.16. The summed E-state index contributed by atoms with van der Waals surface area (Å²) < 4.78 is 35.7. The molecule has 222 valence electrons. The van der Waals surface area contributed by atoms with Crippen LogP contribution >= 0.6 is 0 Å². The summed E-state index contributed by atoms with van der Waals surface area (Å²) >= 11 is 0. The number of likely N-dealkylation sites (tertiary alicyclic amines) is 1. The number of benzene rings is 2. The Morgan fingerprint density at radius 1 is 1.02 bits per heavy atom. The molecule has 0 saturated carbocycles. The van der Waals surface area contributed by atoms with Crippen LogP contribution in [0.4, 0.5) is 14.7 Å². The molecule has 0 bridgehead atoms. The summed E-state index contributed by atoms with van der Waals surface area (Å²) in [6.07, 6.45) is -0.220. The van der Waals surface area contributed by atoms with Gasteiger partial charge in [0.1, 0.15) is 6.10 Å². The van der Waals surface area contributed by atoms with Crippen LogP contribution in [0.3, 0.4) is 0 Å². The molecule has 9 nitrogen and oxygen atoms in total. The normalized spacial score (nSPS) is 19.0. The van der Waals surface area contributed by atoms with Crippen molar-refractivity contribution in [2.75, 3.05) is 45.2 Å². The largest absolute Gasteiger partial charge is 0.368 e. The Balaban J connectivity index is 1.36. The molecule has 2 aromatic heterocycles. The number of rotatable bonds is 8. The number of piperidine rings is 1. The molecule has 1 unspecified atom stereocenters. The smallest absolute Gasteiger partial charge is 0.296 e. The van der Waals surface area contributed by atoms with Gasteiger partial charge in [0.25, 0.3) is 6.43 Å². The number of fused-ring (bicyclic) bond motifs is 1. The highest BCUT2D eigenvalue weighted by atomic mass is 19.3. The molecule has 2 aliphatic heterocycles. The van der Waals surface area contributed by atoms with Gasteiger partial charge in [-0.3, -0.25) is 4.57 Å². The summed E-state index contributed by atoms with van der Waals surface area (Å²) in [6, 6.07) is 15.7. The molecule has 2 saturated heterocycles. The predicted molar refractivity (Wildman–Crippen MR) is 158 cm³/mol. The highest BCUT2D eigenvalue weighted by Crippen LogP contribution is 2.33. The van der Waals surface area contributed by atoms with E-state index in [-0.39, 0.29) is 5.95 Å². The van der Waals surface area contributed by atoms with E-state index >= 15 is 0 Å². The second-order valence-electron chi connectivity index (χ2n) is 11.9. The molecule has 42 heavy (non-hydrogen) atoms. The Kier molecular flexibility index (Phi) is 8.15. The lowest BCUT2D eigenvalue weighted by molar-refractivity contribution is 0.0220. The fourth-order valence-corrected chi connectivity index (χ4v) is 6.05. The van der Waals surface area contributed by atoms with Gasteiger partial charge in [-0.05, 0) is 82.4 Å². The number of imidazole rings is 1. The van der Waals surface area contributed by atoms with Crippen molar-refractivity contribution in [1.82, 2.24) is 34.7 Å². The van der Waals surface area contributed by atoms with E-state index in [1.54, 1.807) is 24.3 Å². The van der Waals surface area contributed by atoms with Gasteiger partial charge in [0.15, 0.2) is 11.6 Å². The van der Waals surface area contributed by atoms with E-state index in [2.05, 4.69) is 75.6 Å². The number of halogens is 2. The van der Waals surface area contributed by atoms with Gasteiger partial charge in [0.2, 0.25) is 11.9 Å². The van der Waals surface area contributed by atoms with Crippen molar-refractivity contribution in [3.05, 3.63) is 71.3 Å². The van der Waals surface area contributed by atoms with E-state index in [1.165, 1.54) is 15.7 Å². The average molecular weight is 577 g/mol. The van der Waals surface area contributed by atoms with Gasteiger partial charge >= 0.3 is 0 Å². The minimum Gasteiger partial charge on any atom is -0.368 e. The van der Waals surface area contributed by atoms with Crippen LogP contribution in [-0.2, 0) is 11.2 Å². The number of ether oxygens (including phenoxy) is 1. The van der Waals surface area contributed by atoms with Gasteiger partial charge in [0, 0.05) is 18.6 Å². The zero-order valence-electron chi connectivity index (χ0n) is 24.4. The molecule has 0 aliphatic carbocycles. The minimum absolute atomic E-state index is 0.0863. The van der Waals surface area contributed by atoms with Crippen LogP contribution in [0.5, 0.6) is 0 Å². The lowest BCUT2D eigenvalue weighted by Gasteiger charge is -2.33. The fourth-order valence-electron chi connectivity index (χ4n) is 6.05. The molecule has 6 rings (SSSR count). The fraction of sp³-hybridized carbons (Fsp3) is 0.484. The Bertz CT molecular complexity index is 1530. The zero-order chi connectivity index (χ0) is 29.3. The number of nitrogens with zero attached hydrogens (tertiary/aromatic N) is 6. The highest BCUT2D eigenvalue weighted by molar-refractivity contribution is 5.77. The monoisotopic (exact) mass is 576 g/mol. The van der Waals surface area contributed by atoms with Crippen LogP contribution in [-0.4, -0.2) is 74.8 Å². The SMILES string of the molecule is CN1CCC(c2ccccc2CC(C)(C)Nc2nc(C3CNCCO3)nc(-n3c(C(F)F)nc4ccccc43)n2)CC1. The molecule has 2 N–H and O–H groups in total. The Morgan fingerprint density at radius 3 is 2.55 bits per heavy atom. The first-order valence-electron chi connectivity index (χ1n) is 14.7. The Labute approximate surface area is 244 Å². The van der Waals surface area contributed by atoms with E-state index < -0.39 is 23.9 Å². The van der Waals surface area contributed by atoms with Gasteiger partial charge in [0.05, 0.1) is 17.6 Å². The molecule has 0 spiro atoms. The van der Waals surface area contributed by atoms with Crippen molar-refractivity contribution >= 4 is 17.0 Å². The van der Waals surface area contributed by atoms with Crippen LogP contribution in [0.2, 0.25) is 0 Å². The van der Waals surface area contributed by atoms with Crippen molar-refractivity contribution < 1.29 is 13.5 Å². The molecule has 0 radical (unpaired) electrons. The number of aromatic nitrogens is 5. The molecular formula is C31H38F2N8O. The van der Waals surface area contributed by atoms with Crippen LogP contribution in [0.25, 0.3) is 17.0 Å². The summed E-state index contributed by atoms with van der Waals surface area (Å²) in [5, 5.41) is 6.81. The van der Waals surface area contributed by atoms with Crippen molar-refractivity contribution in [1.29, 1.82) is 0 Å². The molecule has 2 fully saturated rings. The van der Waals surface area contributed by atoms with Gasteiger partial charge in [-0.2, -0.15) is 15.0 Å². The Morgan fingerprint density at radius 2 is 1.79 bits per heavy atom. The van der Waals surface area contributed by atoms with Gasteiger partial charge in [-0.15, -0.1) is 0 Å². The molecule has 2 aliphatic rings. The number of para-hydroxylation sites is 2. The number of hydrogen-bond donors (Lipinski definition) is 2. The Hall–Kier alpha value is -3.54. The average Bonchev–Trinajstić information content (AvgIpc) is 3.38. The van der Waals surface area contributed by atoms with Gasteiger partial charge in [-0.25, -0.2) is 13.8 Å². The van der Waals surface area contributed by atoms with Crippen molar-refractivity contribution in [2.45, 2.75) is 57.1 Å². The van der Waals surface area contributed by atoms with Crippen molar-refractivity contribution in [2.24, 2.45) is 0 Å². The minimum atomic E-state index is -2.81. The molecular weight excluding hydrogens is 538 g/mol. The van der Waals surface area contributed by atoms with Crippen LogP contribution in [0.1, 0.15) is 67.9 Å². The maximum Gasteiger partial charge on any atom is 0.296 e. The maximum absolute atomic E-state index is 14.2. The standard InChI is InChI=1S/C31H38F2N8O/c1-31(2,18-21-8-4-5-9-22(21)20-12-15-40(3)16-13-20)39-29-36-27(25-19-34-14-17-42-25)37-30(38-29)41-24-11-7-6-10-23(24)35-28(41)26(32)33/h4-11,20,25-26,34H,12-19H2,1-3H3,(H,36,37,38,39). The molecule has 4 aromatic rings. The van der Waals surface area contributed by atoms with E-state index in [9.17, 15) is 8.78 Å². The maximum atomic E-state index is 14.2. The molecule has 4 heterocycles. The second-order valence-corrected chi connectivity index (χ2v) is 11.9. The van der Waals surface area contributed by atoms with Crippen LogP contribution in [0, 0.1) is 0 Å². The van der Waals surface area contributed by atoms with Crippen molar-refractivity contribution in [3.8, 4) is 5.95 Å². The number of alkyl halides is 2. The first-order valence-corrected chi connectivity index (χ1v) is 14.7. The molecule has 1 atom stereocenters. The molecule has 0 amide bonds. The van der Waals surface area contributed by atoms with Crippen LogP contribution < -0.4 is 10.6 Å². The lowest BCUT2D eigenvalue weighted by Crippen LogP contribution is -2.37. The number of nitrogens with one attached hydrogen (secondary N) is 2. The lowest BCUT2D eigenvalue weighted by atomic mass is 9.83. The van der Waals surface area contributed by atoms with Crippen molar-refractivity contribution in [3.63, 3.8) is 0 Å². The third-order valence-electron chi connectivity index (χ3n) is 8.13. The first-order chi connectivity index (χ1) is 20.3. The number of morpholine rings is 1. The summed E-state index contributed by atoms with van der Waals surface area (Å²) in [4.78, 5) is 20.7. The topological polar surface area (TPSA) is 93.0 Å². The van der Waals surface area contributed by atoms with Gasteiger partial charge in [-0.1, -0.05) is 36.4 Å². The highest BCUT2D eigenvalue weighted by Gasteiger charge is 2.29. The summed E-state index contributed by atoms with van der Waals surface area (Å²) in [7, 11) is 2.18. The van der Waals surface area contributed by atoms with E-state index in [1.807, 2.05) is 0 Å². The van der Waals surface area contributed by atoms with Crippen LogP contribution in [0.15, 0.2) is 48.5 Å². The zero-order valence-corrected chi connectivity index (χ0v) is 24.4. The molecule has 11 heteroatoms.